The lowest BCUT2D eigenvalue weighted by Gasteiger charge is -2.36. The van der Waals surface area contributed by atoms with Crippen LogP contribution in [0.5, 0.6) is 0 Å². The molecule has 0 saturated carbocycles. The molecule has 0 radical (unpaired) electrons. The molecular formula is C33H37ClN2O4S. The van der Waals surface area contributed by atoms with Crippen molar-refractivity contribution in [1.29, 1.82) is 0 Å². The smallest absolute Gasteiger partial charge is 0.337 e. The van der Waals surface area contributed by atoms with Gasteiger partial charge in [-0.1, -0.05) is 90.5 Å². The fourth-order valence-corrected chi connectivity index (χ4v) is 6.05. The van der Waals surface area contributed by atoms with Crippen LogP contribution < -0.4 is 10.0 Å². The molecule has 0 aliphatic rings. The molecule has 4 aromatic carbocycles. The van der Waals surface area contributed by atoms with E-state index in [0.29, 0.717) is 25.1 Å². The van der Waals surface area contributed by atoms with E-state index in [2.05, 4.69) is 34.3 Å². The van der Waals surface area contributed by atoms with E-state index in [0.717, 1.165) is 28.7 Å². The van der Waals surface area contributed by atoms with E-state index >= 15 is 0 Å². The molecule has 8 heteroatoms. The fourth-order valence-electron chi connectivity index (χ4n) is 4.96. The summed E-state index contributed by atoms with van der Waals surface area (Å²) >= 11 is 0. The minimum absolute atomic E-state index is 0. The van der Waals surface area contributed by atoms with Gasteiger partial charge in [-0.25, -0.2) is 17.9 Å². The van der Waals surface area contributed by atoms with Crippen LogP contribution in [0, 0.1) is 6.92 Å². The second-order valence-electron chi connectivity index (χ2n) is 9.92. The van der Waals surface area contributed by atoms with Gasteiger partial charge >= 0.3 is 5.97 Å². The molecule has 0 amide bonds. The van der Waals surface area contributed by atoms with E-state index in [-0.39, 0.29) is 29.8 Å². The molecule has 0 bridgehead atoms. The first-order chi connectivity index (χ1) is 19.3. The molecule has 6 nitrogen and oxygen atoms in total. The zero-order valence-electron chi connectivity index (χ0n) is 23.4. The Balaban J connectivity index is 0.00000462. The molecule has 0 atom stereocenters. The molecule has 216 valence electrons. The molecule has 0 heterocycles. The molecule has 0 saturated heterocycles. The average Bonchev–Trinajstić information content (AvgIpc) is 2.99. The van der Waals surface area contributed by atoms with Crippen molar-refractivity contribution in [2.45, 2.75) is 36.6 Å². The van der Waals surface area contributed by atoms with Gasteiger partial charge in [0.1, 0.15) is 0 Å². The Bertz CT molecular complexity index is 1460. The maximum atomic E-state index is 13.3. The van der Waals surface area contributed by atoms with E-state index in [1.165, 1.54) is 7.11 Å². The summed E-state index contributed by atoms with van der Waals surface area (Å²) in [6.45, 7) is 3.48. The number of carbonyl (C=O) groups is 1. The normalized spacial score (nSPS) is 11.5. The van der Waals surface area contributed by atoms with Gasteiger partial charge in [-0.05, 0) is 67.3 Å². The summed E-state index contributed by atoms with van der Waals surface area (Å²) in [4.78, 5) is 12.1. The van der Waals surface area contributed by atoms with Crippen molar-refractivity contribution in [2.75, 3.05) is 20.2 Å². The lowest BCUT2D eigenvalue weighted by molar-refractivity contribution is 0.0600. The summed E-state index contributed by atoms with van der Waals surface area (Å²) < 4.78 is 34.4. The number of esters is 1. The van der Waals surface area contributed by atoms with Gasteiger partial charge in [0.05, 0.1) is 17.6 Å². The third kappa shape index (κ3) is 8.27. The van der Waals surface area contributed by atoms with Crippen molar-refractivity contribution < 1.29 is 17.9 Å². The lowest BCUT2D eigenvalue weighted by Crippen LogP contribution is -2.42. The first-order valence-electron chi connectivity index (χ1n) is 13.4. The van der Waals surface area contributed by atoms with Crippen molar-refractivity contribution in [3.8, 4) is 0 Å². The number of carbonyl (C=O) groups excluding carboxylic acids is 1. The number of methoxy groups -OCH3 is 1. The Labute approximate surface area is 249 Å². The van der Waals surface area contributed by atoms with E-state index < -0.39 is 15.4 Å². The maximum absolute atomic E-state index is 13.3. The van der Waals surface area contributed by atoms with Crippen LogP contribution in [0.15, 0.2) is 114 Å². The summed E-state index contributed by atoms with van der Waals surface area (Å²) in [5.74, 6) is -0.356. The lowest BCUT2D eigenvalue weighted by atomic mass is 9.71. The molecule has 4 rings (SSSR count). The number of halogens is 1. The van der Waals surface area contributed by atoms with Crippen LogP contribution in [0.1, 0.15) is 45.5 Å². The highest BCUT2D eigenvalue weighted by Crippen LogP contribution is 2.37. The molecule has 0 aromatic heterocycles. The fraction of sp³-hybridized carbons (Fsp3) is 0.242. The Morgan fingerprint density at radius 2 is 1.44 bits per heavy atom. The van der Waals surface area contributed by atoms with Gasteiger partial charge < -0.3 is 10.1 Å². The Kier molecular flexibility index (Phi) is 11.7. The number of benzene rings is 4. The van der Waals surface area contributed by atoms with E-state index in [1.807, 2.05) is 73.7 Å². The zero-order chi connectivity index (χ0) is 28.4. The predicted molar refractivity (Wildman–Crippen MR) is 166 cm³/mol. The van der Waals surface area contributed by atoms with Gasteiger partial charge in [0.2, 0.25) is 10.0 Å². The van der Waals surface area contributed by atoms with Gasteiger partial charge in [0.25, 0.3) is 0 Å². The largest absolute Gasteiger partial charge is 0.465 e. The van der Waals surface area contributed by atoms with Crippen LogP contribution in [0.3, 0.4) is 0 Å². The van der Waals surface area contributed by atoms with Crippen LogP contribution >= 0.6 is 12.4 Å². The van der Waals surface area contributed by atoms with Gasteiger partial charge in [0, 0.05) is 18.5 Å². The summed E-state index contributed by atoms with van der Waals surface area (Å²) in [5, 5.41) is 3.47. The van der Waals surface area contributed by atoms with E-state index in [1.54, 1.807) is 18.2 Å². The van der Waals surface area contributed by atoms with E-state index in [9.17, 15) is 13.2 Å². The van der Waals surface area contributed by atoms with Crippen molar-refractivity contribution in [3.63, 3.8) is 0 Å². The number of sulfonamides is 1. The second kappa shape index (κ2) is 14.9. The van der Waals surface area contributed by atoms with Crippen molar-refractivity contribution >= 4 is 28.4 Å². The van der Waals surface area contributed by atoms with E-state index in [4.69, 9.17) is 4.74 Å². The Morgan fingerprint density at radius 3 is 2.02 bits per heavy atom. The predicted octanol–water partition coefficient (Wildman–Crippen LogP) is 6.04. The molecule has 0 fully saturated rings. The topological polar surface area (TPSA) is 84.5 Å². The number of nitrogens with one attached hydrogen (secondary N) is 2. The number of aryl methyl sites for hydroxylation is 1. The molecule has 2 N–H and O–H groups in total. The average molecular weight is 593 g/mol. The molecule has 4 aromatic rings. The number of ether oxygens (including phenoxy) is 1. The monoisotopic (exact) mass is 592 g/mol. The van der Waals surface area contributed by atoms with Gasteiger partial charge in [-0.2, -0.15) is 0 Å². The highest BCUT2D eigenvalue weighted by atomic mass is 35.5. The highest BCUT2D eigenvalue weighted by molar-refractivity contribution is 7.89. The van der Waals surface area contributed by atoms with Crippen LogP contribution in [0.2, 0.25) is 0 Å². The molecule has 0 spiro atoms. The Hall–Kier alpha value is -3.49. The second-order valence-corrected chi connectivity index (χ2v) is 11.7. The minimum atomic E-state index is -3.71. The summed E-state index contributed by atoms with van der Waals surface area (Å²) in [6.07, 6.45) is 1.51. The highest BCUT2D eigenvalue weighted by Gasteiger charge is 2.35. The van der Waals surface area contributed by atoms with Crippen molar-refractivity contribution in [1.82, 2.24) is 10.0 Å². The van der Waals surface area contributed by atoms with Crippen LogP contribution in [0.4, 0.5) is 0 Å². The first-order valence-corrected chi connectivity index (χ1v) is 14.9. The summed E-state index contributed by atoms with van der Waals surface area (Å²) in [7, 11) is -2.34. The van der Waals surface area contributed by atoms with Crippen LogP contribution in [0.25, 0.3) is 0 Å². The maximum Gasteiger partial charge on any atom is 0.337 e. The summed E-state index contributed by atoms with van der Waals surface area (Å²) in [6, 6.07) is 34.5. The standard InChI is InChI=1S/C33H36N2O4S.ClH/c1-26-17-19-31(20-18-26)40(37,38)35-25-33(29-13-5-3-6-14-29,30-15-7-4-8-16-30)21-10-22-34-24-27-11-9-12-28(23-27)32(36)39-2;/h3-9,11-20,23,34-35H,10,21-22,24-25H2,1-2H3;1H. The molecule has 0 aliphatic heterocycles. The van der Waals surface area contributed by atoms with Gasteiger partial charge in [-0.3, -0.25) is 0 Å². The quantitative estimate of drug-likeness (QED) is 0.146. The molecule has 0 unspecified atom stereocenters. The zero-order valence-corrected chi connectivity index (χ0v) is 25.0. The third-order valence-corrected chi connectivity index (χ3v) is 8.60. The Morgan fingerprint density at radius 1 is 0.829 bits per heavy atom. The van der Waals surface area contributed by atoms with Gasteiger partial charge in [0.15, 0.2) is 0 Å². The van der Waals surface area contributed by atoms with Gasteiger partial charge in [-0.15, -0.1) is 12.4 Å². The first kappa shape index (κ1) is 32.0. The number of hydrogen-bond acceptors (Lipinski definition) is 5. The molecular weight excluding hydrogens is 556 g/mol. The van der Waals surface area contributed by atoms with Crippen molar-refractivity contribution in [3.05, 3.63) is 137 Å². The van der Waals surface area contributed by atoms with Crippen LogP contribution in [-0.4, -0.2) is 34.6 Å². The van der Waals surface area contributed by atoms with Crippen molar-refractivity contribution in [2.24, 2.45) is 0 Å². The summed E-state index contributed by atoms with van der Waals surface area (Å²) in [5.41, 5.74) is 4.05. The molecule has 0 aliphatic carbocycles. The number of rotatable bonds is 13. The van der Waals surface area contributed by atoms with Crippen LogP contribution in [-0.2, 0) is 26.7 Å². The minimum Gasteiger partial charge on any atom is -0.465 e. The third-order valence-electron chi connectivity index (χ3n) is 7.18. The molecule has 41 heavy (non-hydrogen) atoms. The SMILES string of the molecule is COC(=O)c1cccc(CNCCCC(CNS(=O)(=O)c2ccc(C)cc2)(c2ccccc2)c2ccccc2)c1.Cl. The number of hydrogen-bond donors (Lipinski definition) is 2.